The summed E-state index contributed by atoms with van der Waals surface area (Å²) in [5.41, 5.74) is 1.86. The van der Waals surface area contributed by atoms with Crippen molar-refractivity contribution in [2.75, 3.05) is 49.2 Å². The number of ether oxygens (including phenoxy) is 1. The Morgan fingerprint density at radius 3 is 2.81 bits per heavy atom. The molecule has 27 heavy (non-hydrogen) atoms. The third-order valence-electron chi connectivity index (χ3n) is 3.89. The van der Waals surface area contributed by atoms with Crippen molar-refractivity contribution in [3.05, 3.63) is 29.8 Å². The van der Waals surface area contributed by atoms with Gasteiger partial charge in [-0.3, -0.25) is 14.9 Å². The minimum absolute atomic E-state index is 0.0863. The molecule has 2 amide bonds. The van der Waals surface area contributed by atoms with Crippen molar-refractivity contribution in [1.29, 1.82) is 0 Å². The van der Waals surface area contributed by atoms with E-state index in [9.17, 15) is 9.59 Å². The second kappa shape index (κ2) is 9.79. The van der Waals surface area contributed by atoms with Gasteiger partial charge >= 0.3 is 0 Å². The molecule has 0 bridgehead atoms. The summed E-state index contributed by atoms with van der Waals surface area (Å²) in [4.78, 5) is 25.3. The first-order valence-corrected chi connectivity index (χ1v) is 10.4. The van der Waals surface area contributed by atoms with Gasteiger partial charge in [-0.25, -0.2) is 0 Å². The topological polar surface area (TPSA) is 97.6 Å². The molecule has 1 aromatic heterocycles. The number of rotatable bonds is 7. The van der Waals surface area contributed by atoms with Crippen molar-refractivity contribution in [2.24, 2.45) is 0 Å². The smallest absolute Gasteiger partial charge is 0.281 e. The number of carbonyl (C=O) groups is 2. The molecule has 1 fully saturated rings. The monoisotopic (exact) mass is 408 g/mol. The molecule has 3 rings (SSSR count). The number of quaternary nitrogens is 1. The number of aromatic nitrogens is 2. The van der Waals surface area contributed by atoms with Crippen molar-refractivity contribution in [3.8, 4) is 0 Å². The van der Waals surface area contributed by atoms with Gasteiger partial charge in [0, 0.05) is 5.69 Å². The Morgan fingerprint density at radius 1 is 1.22 bits per heavy atom. The number of benzene rings is 1. The molecule has 0 saturated carbocycles. The lowest BCUT2D eigenvalue weighted by Crippen LogP contribution is -3.15. The summed E-state index contributed by atoms with van der Waals surface area (Å²) in [6, 6.07) is 7.64. The number of hydrogen-bond acceptors (Lipinski definition) is 7. The lowest BCUT2D eigenvalue weighted by atomic mass is 10.2. The molecule has 2 heterocycles. The molecule has 0 atom stereocenters. The van der Waals surface area contributed by atoms with Gasteiger partial charge in [0.15, 0.2) is 10.9 Å². The van der Waals surface area contributed by atoms with Crippen LogP contribution in [-0.2, 0) is 14.3 Å². The van der Waals surface area contributed by atoms with Crippen LogP contribution in [0.4, 0.5) is 10.8 Å². The van der Waals surface area contributed by atoms with Crippen LogP contribution in [0.15, 0.2) is 28.6 Å². The van der Waals surface area contributed by atoms with E-state index in [1.54, 1.807) is 0 Å². The standard InChI is InChI=1S/C17H21N5O3S2/c1-12-3-2-4-13(9-12)18-15(24)11-26-17-21-20-16(27-17)19-14(23)10-22-5-7-25-8-6-22/h2-4,9H,5-8,10-11H2,1H3,(H,18,24)(H,19,20,23)/p+1. The first-order valence-electron chi connectivity index (χ1n) is 8.62. The van der Waals surface area contributed by atoms with Crippen molar-refractivity contribution >= 4 is 45.7 Å². The Balaban J connectivity index is 1.42. The first-order chi connectivity index (χ1) is 13.1. The molecule has 0 aliphatic carbocycles. The van der Waals surface area contributed by atoms with Crippen molar-refractivity contribution in [3.63, 3.8) is 0 Å². The average Bonchev–Trinajstić information content (AvgIpc) is 3.08. The van der Waals surface area contributed by atoms with Crippen molar-refractivity contribution in [1.82, 2.24) is 10.2 Å². The van der Waals surface area contributed by atoms with Gasteiger partial charge < -0.3 is 15.0 Å². The molecule has 3 N–H and O–H groups in total. The van der Waals surface area contributed by atoms with Crippen LogP contribution in [-0.4, -0.2) is 60.6 Å². The molecule has 0 unspecified atom stereocenters. The Kier molecular flexibility index (Phi) is 7.16. The predicted octanol–water partition coefficient (Wildman–Crippen LogP) is 0.431. The number of thioether (sulfide) groups is 1. The number of hydrogen-bond donors (Lipinski definition) is 3. The normalized spacial score (nSPS) is 14.7. The molecule has 1 saturated heterocycles. The van der Waals surface area contributed by atoms with Crippen LogP contribution in [0.5, 0.6) is 0 Å². The van der Waals surface area contributed by atoms with E-state index in [2.05, 4.69) is 20.8 Å². The maximum atomic E-state index is 12.1. The molecule has 1 aromatic carbocycles. The summed E-state index contributed by atoms with van der Waals surface area (Å²) in [6.45, 7) is 5.41. The van der Waals surface area contributed by atoms with E-state index >= 15 is 0 Å². The van der Waals surface area contributed by atoms with E-state index in [4.69, 9.17) is 4.74 Å². The second-order valence-electron chi connectivity index (χ2n) is 6.17. The molecule has 144 valence electrons. The van der Waals surface area contributed by atoms with Crippen LogP contribution in [0, 0.1) is 6.92 Å². The third-order valence-corrected chi connectivity index (χ3v) is 5.86. The number of nitrogens with zero attached hydrogens (tertiary/aromatic N) is 2. The van der Waals surface area contributed by atoms with E-state index in [1.807, 2.05) is 31.2 Å². The van der Waals surface area contributed by atoms with Gasteiger partial charge in [-0.1, -0.05) is 35.2 Å². The summed E-state index contributed by atoms with van der Waals surface area (Å²) in [7, 11) is 0. The zero-order valence-corrected chi connectivity index (χ0v) is 16.6. The van der Waals surface area contributed by atoms with Crippen molar-refractivity contribution in [2.45, 2.75) is 11.3 Å². The van der Waals surface area contributed by atoms with Crippen LogP contribution < -0.4 is 15.5 Å². The van der Waals surface area contributed by atoms with Gasteiger partial charge in [0.1, 0.15) is 13.1 Å². The average molecular weight is 409 g/mol. The lowest BCUT2D eigenvalue weighted by Gasteiger charge is -2.22. The quantitative estimate of drug-likeness (QED) is 0.454. The number of nitrogens with one attached hydrogen (secondary N) is 3. The summed E-state index contributed by atoms with van der Waals surface area (Å²) in [5.74, 6) is 0.0353. The SMILES string of the molecule is Cc1cccc(NC(=O)CSc2nnc(NC(=O)C[NH+]3CCOCC3)s2)c1. The van der Waals surface area contributed by atoms with Gasteiger partial charge in [-0.15, -0.1) is 10.2 Å². The Morgan fingerprint density at radius 2 is 2.04 bits per heavy atom. The highest BCUT2D eigenvalue weighted by Gasteiger charge is 2.19. The number of anilines is 2. The van der Waals surface area contributed by atoms with E-state index in [0.717, 1.165) is 24.3 Å². The molecule has 0 radical (unpaired) electrons. The highest BCUT2D eigenvalue weighted by molar-refractivity contribution is 8.01. The second-order valence-corrected chi connectivity index (χ2v) is 8.37. The molecule has 2 aromatic rings. The molecular formula is C17H22N5O3S2+. The zero-order chi connectivity index (χ0) is 19.1. The Hall–Kier alpha value is -2.01. The minimum atomic E-state index is -0.109. The fraction of sp³-hybridized carbons (Fsp3) is 0.412. The van der Waals surface area contributed by atoms with E-state index < -0.39 is 0 Å². The molecule has 10 heteroatoms. The number of aryl methyl sites for hydroxylation is 1. The minimum Gasteiger partial charge on any atom is -0.370 e. The van der Waals surface area contributed by atoms with Crippen LogP contribution in [0.3, 0.4) is 0 Å². The van der Waals surface area contributed by atoms with Crippen molar-refractivity contribution < 1.29 is 19.2 Å². The molecule has 1 aliphatic heterocycles. The number of morpholine rings is 1. The van der Waals surface area contributed by atoms with Gasteiger partial charge in [-0.05, 0) is 24.6 Å². The van der Waals surface area contributed by atoms with Gasteiger partial charge in [-0.2, -0.15) is 0 Å². The molecule has 1 aliphatic rings. The lowest BCUT2D eigenvalue weighted by molar-refractivity contribution is -0.899. The predicted molar refractivity (Wildman–Crippen MR) is 105 cm³/mol. The van der Waals surface area contributed by atoms with E-state index in [1.165, 1.54) is 28.0 Å². The maximum Gasteiger partial charge on any atom is 0.281 e. The fourth-order valence-corrected chi connectivity index (χ4v) is 4.16. The summed E-state index contributed by atoms with van der Waals surface area (Å²) in [5, 5.41) is 14.1. The number of amides is 2. The van der Waals surface area contributed by atoms with Crippen LogP contribution in [0.2, 0.25) is 0 Å². The van der Waals surface area contributed by atoms with Gasteiger partial charge in [0.25, 0.3) is 5.91 Å². The fourth-order valence-electron chi connectivity index (χ4n) is 2.59. The summed E-state index contributed by atoms with van der Waals surface area (Å²) < 4.78 is 5.93. The van der Waals surface area contributed by atoms with Crippen LogP contribution >= 0.6 is 23.1 Å². The zero-order valence-electron chi connectivity index (χ0n) is 15.0. The Labute approximate surface area is 165 Å². The highest BCUT2D eigenvalue weighted by Crippen LogP contribution is 2.25. The maximum absolute atomic E-state index is 12.1. The van der Waals surface area contributed by atoms with E-state index in [0.29, 0.717) is 29.2 Å². The molecular weight excluding hydrogens is 386 g/mol. The first kappa shape index (κ1) is 19.7. The van der Waals surface area contributed by atoms with E-state index in [-0.39, 0.29) is 17.6 Å². The summed E-state index contributed by atoms with van der Waals surface area (Å²) in [6.07, 6.45) is 0. The van der Waals surface area contributed by atoms with Crippen LogP contribution in [0.25, 0.3) is 0 Å². The summed E-state index contributed by atoms with van der Waals surface area (Å²) >= 11 is 2.56. The molecule has 0 spiro atoms. The largest absolute Gasteiger partial charge is 0.370 e. The third kappa shape index (κ3) is 6.58. The van der Waals surface area contributed by atoms with Crippen LogP contribution in [0.1, 0.15) is 5.56 Å². The van der Waals surface area contributed by atoms with Gasteiger partial charge in [0.2, 0.25) is 11.0 Å². The molecule has 8 nitrogen and oxygen atoms in total. The highest BCUT2D eigenvalue weighted by atomic mass is 32.2. The Bertz CT molecular complexity index is 792. The van der Waals surface area contributed by atoms with Gasteiger partial charge in [0.05, 0.1) is 19.0 Å². The number of carbonyl (C=O) groups excluding carboxylic acids is 2.